The number of hydrogen-bond acceptors (Lipinski definition) is 11. The zero-order valence-corrected chi connectivity index (χ0v) is 35.9. The summed E-state index contributed by atoms with van der Waals surface area (Å²) in [5.74, 6) is -6.63. The number of aliphatic hydroxyl groups excluding tert-OH is 3. The topological polar surface area (TPSA) is 180 Å². The van der Waals surface area contributed by atoms with Gasteiger partial charge in [-0.15, -0.1) is 0 Å². The Morgan fingerprint density at radius 1 is 0.879 bits per heavy atom. The second-order valence-corrected chi connectivity index (χ2v) is 17.8. The molecule has 4 rings (SSSR count). The number of ether oxygens (including phenoxy) is 3. The normalized spacial score (nSPS) is 40.8. The molecule has 0 radical (unpaired) electrons. The Hall–Kier alpha value is -3.00. The first-order chi connectivity index (χ1) is 27.5. The van der Waals surface area contributed by atoms with E-state index in [0.29, 0.717) is 62.9 Å². The number of cyclic esters (lactones) is 1. The average molecular weight is 814 g/mol. The van der Waals surface area contributed by atoms with Gasteiger partial charge in [0.2, 0.25) is 5.79 Å². The highest BCUT2D eigenvalue weighted by atomic mass is 16.6. The van der Waals surface area contributed by atoms with Crippen LogP contribution in [0.1, 0.15) is 125 Å². The van der Waals surface area contributed by atoms with Gasteiger partial charge >= 0.3 is 5.97 Å². The summed E-state index contributed by atoms with van der Waals surface area (Å²) >= 11 is 0. The van der Waals surface area contributed by atoms with E-state index in [1.54, 1.807) is 34.0 Å². The summed E-state index contributed by atoms with van der Waals surface area (Å²) in [6.45, 7) is 11.1. The van der Waals surface area contributed by atoms with Gasteiger partial charge in [0.25, 0.3) is 11.7 Å². The summed E-state index contributed by atoms with van der Waals surface area (Å²) in [5.41, 5.74) is 1.26. The number of aliphatic hydroxyl groups is 4. The van der Waals surface area contributed by atoms with Gasteiger partial charge in [0.15, 0.2) is 5.78 Å². The van der Waals surface area contributed by atoms with Gasteiger partial charge in [0, 0.05) is 38.3 Å². The molecule has 0 aromatic rings. The highest BCUT2D eigenvalue weighted by molar-refractivity contribution is 6.39. The summed E-state index contributed by atoms with van der Waals surface area (Å²) in [7, 11) is 1.58. The molecule has 3 fully saturated rings. The number of hydrogen-bond donors (Lipinski definition) is 4. The molecular formula is C46H71NO11. The van der Waals surface area contributed by atoms with Gasteiger partial charge in [0.05, 0.1) is 18.3 Å². The highest BCUT2D eigenvalue weighted by Gasteiger charge is 2.53. The van der Waals surface area contributed by atoms with E-state index in [4.69, 9.17) is 14.2 Å². The van der Waals surface area contributed by atoms with Crippen molar-refractivity contribution in [2.45, 2.75) is 173 Å². The first kappa shape index (κ1) is 47.7. The lowest BCUT2D eigenvalue weighted by Gasteiger charge is -2.42. The summed E-state index contributed by atoms with van der Waals surface area (Å²) in [6, 6.07) is -1.06. The second-order valence-electron chi connectivity index (χ2n) is 17.8. The lowest BCUT2D eigenvalue weighted by molar-refractivity contribution is -0.265. The van der Waals surface area contributed by atoms with Crippen molar-refractivity contribution < 1.29 is 53.8 Å². The standard InChI is InChI=1S/C46H71NO11/c1-28-13-9-8-10-14-29(2)39(56-7)27-36-22-17-33(6)46(55,58-36)43(52)44(53)47-24-12-11-15-37(47)45(54)57-38(31(4)26-34-18-20-35(48)21-19-34)23-16-30(3)40(49)42(51)41(50)32(5)25-28/h8-10,13-14,16,28,31-40,42,48-49,51,55H,11-12,15,17-27H2,1-7H3/b10-8+,13-9+,29-14+,30-16+/t28-,31-,32-,33-,34?,35?,36+,37+,38+,39+,40-,42-,46-/m1/s1. The number of rotatable bonds is 4. The van der Waals surface area contributed by atoms with Gasteiger partial charge in [-0.3, -0.25) is 14.4 Å². The van der Waals surface area contributed by atoms with Crippen molar-refractivity contribution in [1.82, 2.24) is 4.90 Å². The fourth-order valence-electron chi connectivity index (χ4n) is 9.10. The molecule has 1 amide bonds. The number of piperidine rings is 1. The molecule has 4 aliphatic rings. The quantitative estimate of drug-likeness (QED) is 0.156. The number of fused-ring (bicyclic) bond motifs is 3. The molecule has 12 heteroatoms. The van der Waals surface area contributed by atoms with Crippen molar-refractivity contribution in [3.8, 4) is 0 Å². The minimum atomic E-state index is -2.38. The predicted octanol–water partition coefficient (Wildman–Crippen LogP) is 5.70. The van der Waals surface area contributed by atoms with E-state index < -0.39 is 77.6 Å². The number of methoxy groups -OCH3 is 1. The zero-order chi connectivity index (χ0) is 42.7. The van der Waals surface area contributed by atoms with Gasteiger partial charge in [-0.05, 0) is 113 Å². The number of carbonyl (C=O) groups excluding carboxylic acids is 4. The third kappa shape index (κ3) is 12.5. The van der Waals surface area contributed by atoms with Crippen molar-refractivity contribution in [3.05, 3.63) is 47.6 Å². The number of amides is 1. The summed E-state index contributed by atoms with van der Waals surface area (Å²) < 4.78 is 18.2. The van der Waals surface area contributed by atoms with E-state index in [1.165, 1.54) is 4.90 Å². The molecule has 58 heavy (non-hydrogen) atoms. The number of carbonyl (C=O) groups is 4. The lowest BCUT2D eigenvalue weighted by atomic mass is 9.80. The Balaban J connectivity index is 1.67. The maximum absolute atomic E-state index is 14.2. The van der Waals surface area contributed by atoms with E-state index in [9.17, 15) is 39.6 Å². The molecule has 326 valence electrons. The number of nitrogens with zero attached hydrogens (tertiary/aromatic N) is 1. The zero-order valence-electron chi connectivity index (χ0n) is 35.9. The van der Waals surface area contributed by atoms with Crippen LogP contribution in [0.4, 0.5) is 0 Å². The molecule has 1 saturated carbocycles. The van der Waals surface area contributed by atoms with Crippen LogP contribution >= 0.6 is 0 Å². The van der Waals surface area contributed by atoms with E-state index in [-0.39, 0.29) is 37.3 Å². The molecule has 2 bridgehead atoms. The van der Waals surface area contributed by atoms with Gasteiger partial charge in [-0.2, -0.15) is 0 Å². The van der Waals surface area contributed by atoms with Crippen LogP contribution in [-0.2, 0) is 33.4 Å². The minimum absolute atomic E-state index is 0.00709. The number of esters is 1. The Kier molecular flexibility index (Phi) is 18.1. The first-order valence-electron chi connectivity index (χ1n) is 21.7. The molecule has 4 N–H and O–H groups in total. The monoisotopic (exact) mass is 814 g/mol. The molecular weight excluding hydrogens is 743 g/mol. The van der Waals surface area contributed by atoms with Gasteiger partial charge in [-0.25, -0.2) is 4.79 Å². The maximum atomic E-state index is 14.2. The van der Waals surface area contributed by atoms with Crippen LogP contribution in [0.2, 0.25) is 0 Å². The Morgan fingerprint density at radius 3 is 2.28 bits per heavy atom. The average Bonchev–Trinajstić information content (AvgIpc) is 3.21. The van der Waals surface area contributed by atoms with Crippen LogP contribution in [0, 0.1) is 29.6 Å². The fourth-order valence-corrected chi connectivity index (χ4v) is 9.10. The smallest absolute Gasteiger partial charge is 0.329 e. The molecule has 0 aromatic heterocycles. The SMILES string of the molecule is CO[C@H]1C[C@@H]2CC[C@@H](C)[C@@](O)(O2)C(=O)C(=O)N2CCCC[C@H]2C(=O)O[C@H]([C@H](C)CC2CCC(O)CC2)C/C=C(\C)[C@@H](O)[C@@H](O)C(=O)[C@H](C)C[C@H](C)/C=C/C=C/C=C/1C. The minimum Gasteiger partial charge on any atom is -0.460 e. The first-order valence-corrected chi connectivity index (χ1v) is 21.7. The van der Waals surface area contributed by atoms with Crippen molar-refractivity contribution in [2.24, 2.45) is 29.6 Å². The Labute approximate surface area is 345 Å². The lowest BCUT2D eigenvalue weighted by Crippen LogP contribution is -2.61. The van der Waals surface area contributed by atoms with Crippen molar-refractivity contribution in [2.75, 3.05) is 13.7 Å². The molecule has 0 spiro atoms. The molecule has 12 nitrogen and oxygen atoms in total. The van der Waals surface area contributed by atoms with Crippen LogP contribution in [0.25, 0.3) is 0 Å². The van der Waals surface area contributed by atoms with Crippen molar-refractivity contribution in [3.63, 3.8) is 0 Å². The summed E-state index contributed by atoms with van der Waals surface area (Å²) in [5, 5.41) is 44.1. The van der Waals surface area contributed by atoms with Crippen molar-refractivity contribution in [1.29, 1.82) is 0 Å². The molecule has 0 unspecified atom stereocenters. The third-order valence-corrected chi connectivity index (χ3v) is 13.1. The highest BCUT2D eigenvalue weighted by Crippen LogP contribution is 2.37. The van der Waals surface area contributed by atoms with Crippen molar-refractivity contribution >= 4 is 23.4 Å². The molecule has 2 saturated heterocycles. The van der Waals surface area contributed by atoms with Gasteiger partial charge in [-0.1, -0.05) is 64.2 Å². The van der Waals surface area contributed by atoms with Crippen LogP contribution in [0.15, 0.2) is 47.6 Å². The van der Waals surface area contributed by atoms with Gasteiger partial charge in [0.1, 0.15) is 24.4 Å². The largest absolute Gasteiger partial charge is 0.460 e. The van der Waals surface area contributed by atoms with E-state index >= 15 is 0 Å². The van der Waals surface area contributed by atoms with E-state index in [2.05, 4.69) is 0 Å². The summed E-state index contributed by atoms with van der Waals surface area (Å²) in [6.07, 6.45) is 13.4. The molecule has 0 aromatic carbocycles. The van der Waals surface area contributed by atoms with E-state index in [0.717, 1.165) is 24.8 Å². The Bertz CT molecular complexity index is 1530. The summed E-state index contributed by atoms with van der Waals surface area (Å²) in [4.78, 5) is 56.8. The van der Waals surface area contributed by atoms with Crippen LogP contribution in [0.5, 0.6) is 0 Å². The van der Waals surface area contributed by atoms with E-state index in [1.807, 2.05) is 51.2 Å². The maximum Gasteiger partial charge on any atom is 0.329 e. The molecule has 1 aliphatic carbocycles. The fraction of sp³-hybridized carbons (Fsp3) is 0.739. The number of allylic oxidation sites excluding steroid dienone is 5. The van der Waals surface area contributed by atoms with Crippen LogP contribution in [-0.4, -0.2) is 111 Å². The second kappa shape index (κ2) is 22.0. The molecule has 11 atom stereocenters. The van der Waals surface area contributed by atoms with Crippen LogP contribution in [0.3, 0.4) is 0 Å². The van der Waals surface area contributed by atoms with Crippen LogP contribution < -0.4 is 0 Å². The predicted molar refractivity (Wildman–Crippen MR) is 220 cm³/mol. The molecule has 3 heterocycles. The van der Waals surface area contributed by atoms with Gasteiger partial charge < -0.3 is 39.5 Å². The number of Topliss-reactive ketones (excluding diaryl/α,β-unsaturated/α-hetero) is 2. The number of ketones is 2. The molecule has 3 aliphatic heterocycles. The Morgan fingerprint density at radius 2 is 1.59 bits per heavy atom. The third-order valence-electron chi connectivity index (χ3n) is 13.1.